The number of carboxylic acids is 1. The van der Waals surface area contributed by atoms with Crippen LogP contribution < -0.4 is 0 Å². The van der Waals surface area contributed by atoms with E-state index >= 15 is 0 Å². The molecule has 0 saturated carbocycles. The summed E-state index contributed by atoms with van der Waals surface area (Å²) in [6.45, 7) is 4.56. The highest BCUT2D eigenvalue weighted by molar-refractivity contribution is 7.99. The van der Waals surface area contributed by atoms with E-state index in [0.29, 0.717) is 6.42 Å². The molecule has 1 aromatic rings. The third-order valence-electron chi connectivity index (χ3n) is 4.81. The first kappa shape index (κ1) is 22.1. The summed E-state index contributed by atoms with van der Waals surface area (Å²) in [5.41, 5.74) is 1.12. The zero-order chi connectivity index (χ0) is 18.3. The summed E-state index contributed by atoms with van der Waals surface area (Å²) in [5, 5.41) is 9.44. The number of benzene rings is 1. The normalized spacial score (nSPS) is 13.5. The molecular weight excluding hydrogens is 328 g/mol. The smallest absolute Gasteiger partial charge is 0.307 e. The van der Waals surface area contributed by atoms with Gasteiger partial charge in [-0.3, -0.25) is 4.79 Å². The SMILES string of the molecule is CCCCC(CCC)CCCCSCC(Cc1ccccc1)C(=O)O. The molecule has 0 amide bonds. The lowest BCUT2D eigenvalue weighted by atomic mass is 9.92. The van der Waals surface area contributed by atoms with Gasteiger partial charge in [-0.25, -0.2) is 0 Å². The minimum atomic E-state index is -0.668. The van der Waals surface area contributed by atoms with Gasteiger partial charge in [-0.2, -0.15) is 11.8 Å². The summed E-state index contributed by atoms with van der Waals surface area (Å²) in [6, 6.07) is 9.97. The topological polar surface area (TPSA) is 37.3 Å². The first-order chi connectivity index (χ1) is 12.2. The Kier molecular flexibility index (Phi) is 12.6. The fourth-order valence-corrected chi connectivity index (χ4v) is 4.43. The first-order valence-corrected chi connectivity index (χ1v) is 11.2. The van der Waals surface area contributed by atoms with Crippen LogP contribution in [0.1, 0.15) is 70.8 Å². The van der Waals surface area contributed by atoms with E-state index in [4.69, 9.17) is 0 Å². The quantitative estimate of drug-likeness (QED) is 0.364. The van der Waals surface area contributed by atoms with Gasteiger partial charge in [0, 0.05) is 5.75 Å². The molecule has 0 aromatic heterocycles. The van der Waals surface area contributed by atoms with Gasteiger partial charge in [0.15, 0.2) is 0 Å². The molecule has 0 aliphatic heterocycles. The van der Waals surface area contributed by atoms with Gasteiger partial charge in [0.2, 0.25) is 0 Å². The second kappa shape index (κ2) is 14.2. The van der Waals surface area contributed by atoms with Crippen molar-refractivity contribution >= 4 is 17.7 Å². The van der Waals surface area contributed by atoms with Crippen molar-refractivity contribution < 1.29 is 9.90 Å². The van der Waals surface area contributed by atoms with Gasteiger partial charge in [0.1, 0.15) is 0 Å². The fourth-order valence-electron chi connectivity index (χ4n) is 3.31. The molecule has 0 spiro atoms. The van der Waals surface area contributed by atoms with Gasteiger partial charge in [0.05, 0.1) is 5.92 Å². The van der Waals surface area contributed by atoms with Crippen molar-refractivity contribution in [3.8, 4) is 0 Å². The van der Waals surface area contributed by atoms with E-state index in [9.17, 15) is 9.90 Å². The molecule has 0 aliphatic carbocycles. The van der Waals surface area contributed by atoms with Crippen LogP contribution in [0.4, 0.5) is 0 Å². The Morgan fingerprint density at radius 2 is 1.72 bits per heavy atom. The van der Waals surface area contributed by atoms with Crippen molar-refractivity contribution in [3.05, 3.63) is 35.9 Å². The van der Waals surface area contributed by atoms with Crippen LogP contribution >= 0.6 is 11.8 Å². The van der Waals surface area contributed by atoms with E-state index in [1.165, 1.54) is 51.4 Å². The van der Waals surface area contributed by atoms with Gasteiger partial charge in [-0.05, 0) is 30.1 Å². The molecule has 1 N–H and O–H groups in total. The molecule has 0 saturated heterocycles. The minimum absolute atomic E-state index is 0.273. The number of aliphatic carboxylic acids is 1. The summed E-state index contributed by atoms with van der Waals surface area (Å²) in [7, 11) is 0. The van der Waals surface area contributed by atoms with E-state index in [-0.39, 0.29) is 5.92 Å². The van der Waals surface area contributed by atoms with Gasteiger partial charge in [-0.1, -0.05) is 89.1 Å². The highest BCUT2D eigenvalue weighted by atomic mass is 32.2. The summed E-state index contributed by atoms with van der Waals surface area (Å²) >= 11 is 1.81. The molecule has 25 heavy (non-hydrogen) atoms. The largest absolute Gasteiger partial charge is 0.481 e. The van der Waals surface area contributed by atoms with Crippen LogP contribution in [0.3, 0.4) is 0 Å². The van der Waals surface area contributed by atoms with Crippen LogP contribution in [0.25, 0.3) is 0 Å². The van der Waals surface area contributed by atoms with Crippen LogP contribution in [-0.4, -0.2) is 22.6 Å². The number of rotatable bonds is 15. The molecule has 3 heteroatoms. The molecule has 2 nitrogen and oxygen atoms in total. The zero-order valence-corrected chi connectivity index (χ0v) is 16.9. The number of hydrogen-bond donors (Lipinski definition) is 1. The van der Waals surface area contributed by atoms with E-state index in [1.54, 1.807) is 0 Å². The summed E-state index contributed by atoms with van der Waals surface area (Å²) in [5.74, 6) is 1.77. The summed E-state index contributed by atoms with van der Waals surface area (Å²) in [6.07, 6.45) is 11.2. The standard InChI is InChI=1S/C22H36O2S/c1-3-5-12-19(11-4-2)13-9-10-16-25-18-21(22(23)24)17-20-14-7-6-8-15-20/h6-8,14-15,19,21H,3-5,9-13,16-18H2,1-2H3,(H,23,24). The molecule has 0 fully saturated rings. The maximum atomic E-state index is 11.5. The highest BCUT2D eigenvalue weighted by Crippen LogP contribution is 2.22. The second-order valence-corrected chi connectivity index (χ2v) is 8.24. The molecule has 2 atom stereocenters. The molecule has 1 aromatic carbocycles. The Bertz CT molecular complexity index is 447. The molecule has 0 bridgehead atoms. The fraction of sp³-hybridized carbons (Fsp3) is 0.682. The van der Waals surface area contributed by atoms with Crippen molar-refractivity contribution in [1.29, 1.82) is 0 Å². The monoisotopic (exact) mass is 364 g/mol. The number of unbranched alkanes of at least 4 members (excludes halogenated alkanes) is 2. The average Bonchev–Trinajstić information content (AvgIpc) is 2.62. The van der Waals surface area contributed by atoms with Crippen LogP contribution in [0, 0.1) is 11.8 Å². The number of thioether (sulfide) groups is 1. The van der Waals surface area contributed by atoms with Crippen LogP contribution in [-0.2, 0) is 11.2 Å². The van der Waals surface area contributed by atoms with Crippen molar-refractivity contribution in [2.24, 2.45) is 11.8 Å². The molecule has 2 unspecified atom stereocenters. The minimum Gasteiger partial charge on any atom is -0.481 e. The van der Waals surface area contributed by atoms with E-state index in [1.807, 2.05) is 42.1 Å². The molecular formula is C22H36O2S. The summed E-state index contributed by atoms with van der Waals surface area (Å²) in [4.78, 5) is 11.5. The first-order valence-electron chi connectivity index (χ1n) is 10.0. The number of carboxylic acid groups (broad SMARTS) is 1. The van der Waals surface area contributed by atoms with Gasteiger partial charge in [0.25, 0.3) is 0 Å². The third kappa shape index (κ3) is 10.6. The number of carbonyl (C=O) groups is 1. The van der Waals surface area contributed by atoms with Gasteiger partial charge >= 0.3 is 5.97 Å². The Morgan fingerprint density at radius 3 is 2.36 bits per heavy atom. The van der Waals surface area contributed by atoms with Crippen molar-refractivity contribution in [3.63, 3.8) is 0 Å². The zero-order valence-electron chi connectivity index (χ0n) is 16.1. The Hall–Kier alpha value is -0.960. The van der Waals surface area contributed by atoms with Crippen LogP contribution in [0.5, 0.6) is 0 Å². The Balaban J connectivity index is 2.20. The Labute approximate surface area is 158 Å². The predicted octanol–water partition coefficient (Wildman–Crippen LogP) is 6.44. The van der Waals surface area contributed by atoms with Crippen LogP contribution in [0.2, 0.25) is 0 Å². The Morgan fingerprint density at radius 1 is 1.00 bits per heavy atom. The molecule has 0 aliphatic rings. The van der Waals surface area contributed by atoms with Crippen molar-refractivity contribution in [2.45, 2.75) is 71.6 Å². The third-order valence-corrected chi connectivity index (χ3v) is 6.02. The maximum Gasteiger partial charge on any atom is 0.307 e. The lowest BCUT2D eigenvalue weighted by molar-refractivity contribution is -0.140. The lowest BCUT2D eigenvalue weighted by Crippen LogP contribution is -2.19. The van der Waals surface area contributed by atoms with Crippen LogP contribution in [0.15, 0.2) is 30.3 Å². The lowest BCUT2D eigenvalue weighted by Gasteiger charge is -2.16. The molecule has 0 radical (unpaired) electrons. The van der Waals surface area contributed by atoms with Crippen molar-refractivity contribution in [2.75, 3.05) is 11.5 Å². The average molecular weight is 365 g/mol. The highest BCUT2D eigenvalue weighted by Gasteiger charge is 2.17. The maximum absolute atomic E-state index is 11.5. The summed E-state index contributed by atoms with van der Waals surface area (Å²) < 4.78 is 0. The second-order valence-electron chi connectivity index (χ2n) is 7.09. The molecule has 142 valence electrons. The number of hydrogen-bond acceptors (Lipinski definition) is 2. The van der Waals surface area contributed by atoms with E-state index < -0.39 is 5.97 Å². The van der Waals surface area contributed by atoms with Crippen molar-refractivity contribution in [1.82, 2.24) is 0 Å². The predicted molar refractivity (Wildman–Crippen MR) is 110 cm³/mol. The molecule has 0 heterocycles. The van der Waals surface area contributed by atoms with E-state index in [2.05, 4.69) is 13.8 Å². The van der Waals surface area contributed by atoms with E-state index in [0.717, 1.165) is 23.0 Å². The van der Waals surface area contributed by atoms with Gasteiger partial charge < -0.3 is 5.11 Å². The molecule has 1 rings (SSSR count). The van der Waals surface area contributed by atoms with Gasteiger partial charge in [-0.15, -0.1) is 0 Å².